The van der Waals surface area contributed by atoms with Crippen LogP contribution in [0.25, 0.3) is 0 Å². The van der Waals surface area contributed by atoms with Gasteiger partial charge < -0.3 is 10.2 Å². The van der Waals surface area contributed by atoms with Gasteiger partial charge in [-0.25, -0.2) is 4.39 Å². The van der Waals surface area contributed by atoms with Gasteiger partial charge in [0.25, 0.3) is 0 Å². The van der Waals surface area contributed by atoms with Crippen LogP contribution in [-0.4, -0.2) is 35.1 Å². The number of halogens is 3. The molecule has 3 rings (SSSR count). The van der Waals surface area contributed by atoms with Crippen LogP contribution in [0, 0.1) is 5.82 Å². The smallest absolute Gasteiger partial charge is 0.243 e. The van der Waals surface area contributed by atoms with E-state index in [1.54, 1.807) is 30.3 Å². The lowest BCUT2D eigenvalue weighted by Gasteiger charge is -2.31. The van der Waals surface area contributed by atoms with Crippen molar-refractivity contribution in [1.82, 2.24) is 10.2 Å². The lowest BCUT2D eigenvalue weighted by atomic mass is 10.0. The Hall–Kier alpha value is -2.54. The van der Waals surface area contributed by atoms with E-state index in [0.717, 1.165) is 17.5 Å². The highest BCUT2D eigenvalue weighted by Crippen LogP contribution is 2.25. The molecule has 1 N–H and O–H groups in total. The first-order valence-electron chi connectivity index (χ1n) is 11.7. The first-order valence-corrected chi connectivity index (χ1v) is 13.7. The zero-order chi connectivity index (χ0) is 25.9. The Kier molecular flexibility index (Phi) is 11.1. The van der Waals surface area contributed by atoms with E-state index in [9.17, 15) is 14.0 Å². The number of benzene rings is 3. The quantitative estimate of drug-likeness (QED) is 0.281. The zero-order valence-corrected chi connectivity index (χ0v) is 22.4. The third-order valence-corrected chi connectivity index (χ3v) is 7.32. The molecule has 0 spiro atoms. The normalized spacial score (nSPS) is 11.7. The summed E-state index contributed by atoms with van der Waals surface area (Å²) >= 11 is 13.5. The molecule has 0 aliphatic heterocycles. The fourth-order valence-corrected chi connectivity index (χ4v) is 4.88. The molecule has 0 saturated heterocycles. The summed E-state index contributed by atoms with van der Waals surface area (Å²) in [5.74, 6) is -0.232. The standard InChI is InChI=1S/C28H29Cl2FN2O2S/c1-2-14-32-28(35)26(16-20-8-4-3-5-9-20)33(17-22-10-6-7-11-25(22)31)27(34)19-36-18-21-12-13-23(29)24(30)15-21/h3-13,15,26H,2,14,16-19H2,1H3,(H,32,35). The van der Waals surface area contributed by atoms with E-state index in [0.29, 0.717) is 34.3 Å². The molecule has 0 saturated carbocycles. The van der Waals surface area contributed by atoms with Crippen molar-refractivity contribution in [3.8, 4) is 0 Å². The molecular formula is C28H29Cl2FN2O2S. The molecule has 0 heterocycles. The van der Waals surface area contributed by atoms with Gasteiger partial charge in [-0.15, -0.1) is 11.8 Å². The third kappa shape index (κ3) is 8.26. The number of amides is 2. The number of thioether (sulfide) groups is 1. The maximum absolute atomic E-state index is 14.6. The maximum atomic E-state index is 14.6. The van der Waals surface area contributed by atoms with Crippen LogP contribution >= 0.6 is 35.0 Å². The van der Waals surface area contributed by atoms with Crippen LogP contribution in [0.4, 0.5) is 4.39 Å². The Morgan fingerprint density at radius 3 is 2.39 bits per heavy atom. The van der Waals surface area contributed by atoms with E-state index in [4.69, 9.17) is 23.2 Å². The minimum absolute atomic E-state index is 0.00408. The molecule has 190 valence electrons. The molecule has 0 bridgehead atoms. The third-order valence-electron chi connectivity index (χ3n) is 5.60. The average Bonchev–Trinajstić information content (AvgIpc) is 2.88. The van der Waals surface area contributed by atoms with Crippen molar-refractivity contribution in [3.63, 3.8) is 0 Å². The van der Waals surface area contributed by atoms with E-state index in [1.165, 1.54) is 22.7 Å². The lowest BCUT2D eigenvalue weighted by Crippen LogP contribution is -2.51. The van der Waals surface area contributed by atoms with Crippen molar-refractivity contribution < 1.29 is 14.0 Å². The predicted molar refractivity (Wildman–Crippen MR) is 147 cm³/mol. The van der Waals surface area contributed by atoms with Crippen LogP contribution in [0.2, 0.25) is 10.0 Å². The number of hydrogen-bond donors (Lipinski definition) is 1. The Labute approximate surface area is 226 Å². The first kappa shape index (κ1) is 28.0. The second-order valence-corrected chi connectivity index (χ2v) is 10.2. The van der Waals surface area contributed by atoms with E-state index in [1.807, 2.05) is 43.3 Å². The highest BCUT2D eigenvalue weighted by molar-refractivity contribution is 7.99. The minimum Gasteiger partial charge on any atom is -0.354 e. The molecule has 8 heteroatoms. The fourth-order valence-electron chi connectivity index (χ4n) is 3.70. The van der Waals surface area contributed by atoms with Gasteiger partial charge in [-0.3, -0.25) is 9.59 Å². The molecular weight excluding hydrogens is 518 g/mol. The summed E-state index contributed by atoms with van der Waals surface area (Å²) in [4.78, 5) is 28.3. The predicted octanol–water partition coefficient (Wildman–Crippen LogP) is 6.53. The number of carbonyl (C=O) groups excluding carboxylic acids is 2. The Morgan fingerprint density at radius 1 is 0.972 bits per heavy atom. The van der Waals surface area contributed by atoms with E-state index in [-0.39, 0.29) is 24.1 Å². The highest BCUT2D eigenvalue weighted by atomic mass is 35.5. The van der Waals surface area contributed by atoms with E-state index < -0.39 is 11.9 Å². The molecule has 3 aromatic rings. The topological polar surface area (TPSA) is 49.4 Å². The molecule has 0 fully saturated rings. The highest BCUT2D eigenvalue weighted by Gasteiger charge is 2.30. The summed E-state index contributed by atoms with van der Waals surface area (Å²) in [5.41, 5.74) is 2.22. The molecule has 0 aliphatic rings. The van der Waals surface area contributed by atoms with E-state index >= 15 is 0 Å². The summed E-state index contributed by atoms with van der Waals surface area (Å²) in [7, 11) is 0. The number of hydrogen-bond acceptors (Lipinski definition) is 3. The number of rotatable bonds is 12. The molecule has 2 amide bonds. The summed E-state index contributed by atoms with van der Waals surface area (Å²) in [6.45, 7) is 2.46. The van der Waals surface area contributed by atoms with Gasteiger partial charge >= 0.3 is 0 Å². The van der Waals surface area contributed by atoms with Crippen molar-refractivity contribution in [3.05, 3.63) is 105 Å². The zero-order valence-electron chi connectivity index (χ0n) is 20.1. The van der Waals surface area contributed by atoms with Gasteiger partial charge in [-0.1, -0.05) is 84.7 Å². The van der Waals surface area contributed by atoms with Gasteiger partial charge in [0.1, 0.15) is 11.9 Å². The number of nitrogens with zero attached hydrogens (tertiary/aromatic N) is 1. The fraction of sp³-hybridized carbons (Fsp3) is 0.286. The van der Waals surface area contributed by atoms with Crippen LogP contribution < -0.4 is 5.32 Å². The largest absolute Gasteiger partial charge is 0.354 e. The molecule has 4 nitrogen and oxygen atoms in total. The number of carbonyl (C=O) groups is 2. The van der Waals surface area contributed by atoms with Crippen molar-refractivity contribution in [2.45, 2.75) is 38.1 Å². The van der Waals surface area contributed by atoms with Crippen molar-refractivity contribution in [2.24, 2.45) is 0 Å². The summed E-state index contributed by atoms with van der Waals surface area (Å²) in [5, 5.41) is 3.85. The second-order valence-electron chi connectivity index (χ2n) is 8.35. The van der Waals surface area contributed by atoms with Gasteiger partial charge in [0.2, 0.25) is 11.8 Å². The summed E-state index contributed by atoms with van der Waals surface area (Å²) in [6.07, 6.45) is 1.10. The maximum Gasteiger partial charge on any atom is 0.243 e. The van der Waals surface area contributed by atoms with Crippen LogP contribution in [0.15, 0.2) is 72.8 Å². The van der Waals surface area contributed by atoms with Crippen molar-refractivity contribution in [1.29, 1.82) is 0 Å². The lowest BCUT2D eigenvalue weighted by molar-refractivity contribution is -0.139. The van der Waals surface area contributed by atoms with Crippen LogP contribution in [0.1, 0.15) is 30.0 Å². The molecule has 0 radical (unpaired) electrons. The molecule has 1 atom stereocenters. The van der Waals surface area contributed by atoms with Gasteiger partial charge in [-0.2, -0.15) is 0 Å². The Balaban J connectivity index is 1.84. The number of nitrogens with one attached hydrogen (secondary N) is 1. The van der Waals surface area contributed by atoms with Crippen molar-refractivity contribution in [2.75, 3.05) is 12.3 Å². The van der Waals surface area contributed by atoms with Crippen LogP contribution in [0.3, 0.4) is 0 Å². The molecule has 0 aromatic heterocycles. The first-order chi connectivity index (χ1) is 17.4. The van der Waals surface area contributed by atoms with Crippen LogP contribution in [0.5, 0.6) is 0 Å². The minimum atomic E-state index is -0.781. The molecule has 3 aromatic carbocycles. The summed E-state index contributed by atoms with van der Waals surface area (Å²) in [6, 6.07) is 20.4. The van der Waals surface area contributed by atoms with Gasteiger partial charge in [0, 0.05) is 30.8 Å². The summed E-state index contributed by atoms with van der Waals surface area (Å²) < 4.78 is 14.6. The second kappa shape index (κ2) is 14.3. The monoisotopic (exact) mass is 546 g/mol. The van der Waals surface area contributed by atoms with Gasteiger partial charge in [-0.05, 0) is 35.7 Å². The molecule has 36 heavy (non-hydrogen) atoms. The average molecular weight is 548 g/mol. The van der Waals surface area contributed by atoms with Crippen molar-refractivity contribution >= 4 is 46.8 Å². The van der Waals surface area contributed by atoms with E-state index in [2.05, 4.69) is 5.32 Å². The van der Waals surface area contributed by atoms with Crippen LogP contribution in [-0.2, 0) is 28.3 Å². The van der Waals surface area contributed by atoms with Gasteiger partial charge in [0.15, 0.2) is 0 Å². The van der Waals surface area contributed by atoms with Gasteiger partial charge in [0.05, 0.1) is 15.8 Å². The molecule has 0 aliphatic carbocycles. The molecule has 1 unspecified atom stereocenters. The Bertz CT molecular complexity index is 1160. The Morgan fingerprint density at radius 2 is 1.69 bits per heavy atom. The SMILES string of the molecule is CCCNC(=O)C(Cc1ccccc1)N(Cc1ccccc1F)C(=O)CSCc1ccc(Cl)c(Cl)c1.